The average Bonchev–Trinajstić information content (AvgIpc) is 3.09. The minimum absolute atomic E-state index is 0.0523. The zero-order valence-electron chi connectivity index (χ0n) is 25.9. The van der Waals surface area contributed by atoms with Crippen molar-refractivity contribution in [2.45, 2.75) is 49.3 Å². The summed E-state index contributed by atoms with van der Waals surface area (Å²) in [5.41, 5.74) is 1.99. The Kier molecular flexibility index (Phi) is 9.98. The van der Waals surface area contributed by atoms with Gasteiger partial charge in [-0.3, -0.25) is 14.6 Å². The van der Waals surface area contributed by atoms with Crippen LogP contribution in [0.2, 0.25) is 0 Å². The molecule has 4 aromatic carbocycles. The second-order valence-corrected chi connectivity index (χ2v) is 12.7. The lowest BCUT2D eigenvalue weighted by Gasteiger charge is -2.38. The summed E-state index contributed by atoms with van der Waals surface area (Å²) >= 11 is 1.16. The molecule has 0 bridgehead atoms. The van der Waals surface area contributed by atoms with E-state index >= 15 is 0 Å². The van der Waals surface area contributed by atoms with Crippen LogP contribution >= 0.6 is 11.8 Å². The normalized spacial score (nSPS) is 13.9. The van der Waals surface area contributed by atoms with Crippen LogP contribution in [0.3, 0.4) is 0 Å². The second kappa shape index (κ2) is 14.3. The Morgan fingerprint density at radius 1 is 0.812 bits per heavy atom. The van der Waals surface area contributed by atoms with Gasteiger partial charge < -0.3 is 4.57 Å². The molecule has 1 aliphatic rings. The zero-order chi connectivity index (χ0) is 33.8. The van der Waals surface area contributed by atoms with Crippen LogP contribution < -0.4 is 5.43 Å². The maximum absolute atomic E-state index is 14.5. The number of benzene rings is 4. The fraction of sp³-hybridized carbons (Fsp3) is 0.243. The number of nitrogens with zero attached hydrogens (tertiary/aromatic N) is 3. The maximum atomic E-state index is 14.5. The van der Waals surface area contributed by atoms with Crippen molar-refractivity contribution in [1.82, 2.24) is 14.6 Å². The first-order chi connectivity index (χ1) is 23.1. The average molecular weight is 678 g/mol. The van der Waals surface area contributed by atoms with E-state index in [-0.39, 0.29) is 35.7 Å². The van der Waals surface area contributed by atoms with Crippen molar-refractivity contribution < 1.29 is 26.7 Å². The third-order valence-electron chi connectivity index (χ3n) is 8.48. The van der Waals surface area contributed by atoms with Gasteiger partial charge in [0.1, 0.15) is 6.54 Å². The molecule has 1 amide bonds. The number of hydrazine groups is 1. The van der Waals surface area contributed by atoms with Gasteiger partial charge in [0.2, 0.25) is 0 Å². The summed E-state index contributed by atoms with van der Waals surface area (Å²) < 4.78 is 69.2. The molecular formula is C37H32F5N3O2S. The Morgan fingerprint density at radius 2 is 1.48 bits per heavy atom. The number of pyridine rings is 1. The number of piperidine rings is 1. The fourth-order valence-corrected chi connectivity index (χ4v) is 6.94. The molecule has 0 N–H and O–H groups in total. The van der Waals surface area contributed by atoms with Crippen molar-refractivity contribution in [3.8, 4) is 11.1 Å². The van der Waals surface area contributed by atoms with Crippen LogP contribution in [0, 0.1) is 11.6 Å². The van der Waals surface area contributed by atoms with Gasteiger partial charge in [-0.2, -0.15) is 13.2 Å². The first kappa shape index (κ1) is 33.4. The van der Waals surface area contributed by atoms with E-state index in [1.54, 1.807) is 33.8 Å². The van der Waals surface area contributed by atoms with E-state index in [9.17, 15) is 31.5 Å². The molecule has 0 spiro atoms. The van der Waals surface area contributed by atoms with Crippen LogP contribution in [0.1, 0.15) is 36.0 Å². The third-order valence-corrected chi connectivity index (χ3v) is 9.56. The van der Waals surface area contributed by atoms with E-state index < -0.39 is 23.4 Å². The molecular weight excluding hydrogens is 645 g/mol. The van der Waals surface area contributed by atoms with E-state index in [4.69, 9.17) is 0 Å². The number of rotatable bonds is 9. The summed E-state index contributed by atoms with van der Waals surface area (Å²) in [7, 11) is 0. The predicted molar refractivity (Wildman–Crippen MR) is 177 cm³/mol. The number of aromatic nitrogens is 1. The molecule has 1 aliphatic heterocycles. The van der Waals surface area contributed by atoms with Crippen molar-refractivity contribution in [2.24, 2.45) is 0 Å². The summed E-state index contributed by atoms with van der Waals surface area (Å²) in [6.45, 7) is 1.55. The van der Waals surface area contributed by atoms with Crippen molar-refractivity contribution in [3.05, 3.63) is 136 Å². The molecule has 1 aromatic heterocycles. The van der Waals surface area contributed by atoms with Gasteiger partial charge in [-0.25, -0.2) is 13.8 Å². The van der Waals surface area contributed by atoms with Crippen LogP contribution in [-0.4, -0.2) is 33.6 Å². The van der Waals surface area contributed by atoms with Gasteiger partial charge in [-0.05, 0) is 59.9 Å². The predicted octanol–water partition coefficient (Wildman–Crippen LogP) is 8.69. The highest BCUT2D eigenvalue weighted by atomic mass is 32.2. The van der Waals surface area contributed by atoms with Crippen LogP contribution in [0.5, 0.6) is 0 Å². The fourth-order valence-electron chi connectivity index (χ4n) is 5.91. The first-order valence-electron chi connectivity index (χ1n) is 15.6. The zero-order valence-corrected chi connectivity index (χ0v) is 26.7. The second-order valence-electron chi connectivity index (χ2n) is 11.7. The molecule has 11 heteroatoms. The van der Waals surface area contributed by atoms with Gasteiger partial charge in [-0.1, -0.05) is 67.1 Å². The Hall–Kier alpha value is -4.48. The standard InChI is InChI=1S/C37H32F5N3O2S/c38-31-9-6-7-28(36(31)39)24-48-35-21-33(46)30-8-2-3-10-32(30)44(35)23-34(47)45(43-19-4-1-5-20-43)22-25-11-13-26(14-12-25)27-15-17-29(18-16-27)37(40,41)42/h2-3,6-18,21H,1,4-5,19-20,22-24H2. The minimum atomic E-state index is -4.41. The lowest BCUT2D eigenvalue weighted by atomic mass is 10.0. The van der Waals surface area contributed by atoms with Gasteiger partial charge in [0.25, 0.3) is 5.91 Å². The largest absolute Gasteiger partial charge is 0.416 e. The molecule has 0 saturated carbocycles. The molecule has 1 saturated heterocycles. The van der Waals surface area contributed by atoms with E-state index in [1.807, 2.05) is 29.3 Å². The summed E-state index contributed by atoms with van der Waals surface area (Å²) in [4.78, 5) is 27.3. The lowest BCUT2D eigenvalue weighted by Crippen LogP contribution is -2.49. The molecule has 0 unspecified atom stereocenters. The van der Waals surface area contributed by atoms with Crippen LogP contribution in [0.4, 0.5) is 22.0 Å². The summed E-state index contributed by atoms with van der Waals surface area (Å²) in [5, 5.41) is 4.65. The van der Waals surface area contributed by atoms with Crippen molar-refractivity contribution in [3.63, 3.8) is 0 Å². The molecule has 1 fully saturated rings. The number of carbonyl (C=O) groups excluding carboxylic acids is 1. The highest BCUT2D eigenvalue weighted by Crippen LogP contribution is 2.32. The Bertz CT molecular complexity index is 1970. The van der Waals surface area contributed by atoms with E-state index in [1.165, 1.54) is 30.3 Å². The number of amides is 1. The number of carbonyl (C=O) groups is 1. The molecule has 6 rings (SSSR count). The highest BCUT2D eigenvalue weighted by molar-refractivity contribution is 7.98. The Balaban J connectivity index is 1.28. The number of para-hydroxylation sites is 1. The number of fused-ring (bicyclic) bond motifs is 1. The summed E-state index contributed by atoms with van der Waals surface area (Å²) in [6, 6.07) is 24.8. The van der Waals surface area contributed by atoms with E-state index in [2.05, 4.69) is 0 Å². The number of alkyl halides is 3. The van der Waals surface area contributed by atoms with Crippen molar-refractivity contribution in [1.29, 1.82) is 0 Å². The number of halogens is 5. The van der Waals surface area contributed by atoms with Crippen LogP contribution in [0.25, 0.3) is 22.0 Å². The van der Waals surface area contributed by atoms with Gasteiger partial charge in [0.05, 0.1) is 22.7 Å². The monoisotopic (exact) mass is 677 g/mol. The third kappa shape index (κ3) is 7.47. The SMILES string of the molecule is O=C(Cn1c(SCc2cccc(F)c2F)cc(=O)c2ccccc21)N(Cc1ccc(-c2ccc(C(F)(F)F)cc2)cc1)N1CCCCC1. The quantitative estimate of drug-likeness (QED) is 0.116. The highest BCUT2D eigenvalue weighted by Gasteiger charge is 2.30. The van der Waals surface area contributed by atoms with Crippen molar-refractivity contribution in [2.75, 3.05) is 13.1 Å². The maximum Gasteiger partial charge on any atom is 0.416 e. The Morgan fingerprint density at radius 3 is 2.17 bits per heavy atom. The summed E-state index contributed by atoms with van der Waals surface area (Å²) in [6.07, 6.45) is -1.50. The van der Waals surface area contributed by atoms with Gasteiger partial charge >= 0.3 is 6.18 Å². The molecule has 248 valence electrons. The summed E-state index contributed by atoms with van der Waals surface area (Å²) in [5.74, 6) is -2.06. The smallest absolute Gasteiger partial charge is 0.326 e. The van der Waals surface area contributed by atoms with Gasteiger partial charge in [0.15, 0.2) is 17.1 Å². The van der Waals surface area contributed by atoms with Gasteiger partial charge in [0, 0.05) is 35.9 Å². The Labute approximate surface area is 278 Å². The molecule has 0 radical (unpaired) electrons. The van der Waals surface area contributed by atoms with Gasteiger partial charge in [-0.15, -0.1) is 11.8 Å². The molecule has 0 aliphatic carbocycles. The van der Waals surface area contributed by atoms with E-state index in [0.29, 0.717) is 34.6 Å². The van der Waals surface area contributed by atoms with Crippen LogP contribution in [0.15, 0.2) is 107 Å². The number of hydrogen-bond acceptors (Lipinski definition) is 4. The first-order valence-corrected chi connectivity index (χ1v) is 16.6. The molecule has 2 heterocycles. The topological polar surface area (TPSA) is 45.6 Å². The number of thioether (sulfide) groups is 1. The van der Waals surface area contributed by atoms with E-state index in [0.717, 1.165) is 60.4 Å². The minimum Gasteiger partial charge on any atom is -0.326 e. The van der Waals surface area contributed by atoms with Crippen molar-refractivity contribution >= 4 is 28.6 Å². The van der Waals surface area contributed by atoms with Crippen LogP contribution in [-0.2, 0) is 29.8 Å². The molecule has 5 aromatic rings. The molecule has 0 atom stereocenters. The molecule has 48 heavy (non-hydrogen) atoms. The number of hydrogen-bond donors (Lipinski definition) is 0. The molecule has 5 nitrogen and oxygen atoms in total. The lowest BCUT2D eigenvalue weighted by molar-refractivity contribution is -0.153.